The lowest BCUT2D eigenvalue weighted by molar-refractivity contribution is 0.513. The van der Waals surface area contributed by atoms with Crippen molar-refractivity contribution >= 4 is 11.4 Å². The van der Waals surface area contributed by atoms with Crippen LogP contribution < -0.4 is 0 Å². The maximum absolute atomic E-state index is 5.33. The summed E-state index contributed by atoms with van der Waals surface area (Å²) in [5, 5.41) is 0. The van der Waals surface area contributed by atoms with Gasteiger partial charge in [-0.25, -0.2) is 0 Å². The van der Waals surface area contributed by atoms with Crippen molar-refractivity contribution in [2.75, 3.05) is 0 Å². The second kappa shape index (κ2) is 5.91. The first kappa shape index (κ1) is 14.8. The molecule has 0 aromatic carbocycles. The van der Waals surface area contributed by atoms with E-state index in [2.05, 4.69) is 44.0 Å². The van der Waals surface area contributed by atoms with Gasteiger partial charge >= 0.3 is 0 Å². The lowest BCUT2D eigenvalue weighted by Gasteiger charge is -2.30. The standard InChI is InChI=1S/C19H22N2O/c1-4-14-12-19(3,5-2)21-18-9-8-15(11-17(14)18)20-13-16-7-6-10-22-16/h6-12H,4-5,13H2,1-3H3. The fraction of sp³-hybridized carbons (Fsp3) is 0.368. The second-order valence-electron chi connectivity index (χ2n) is 5.94. The normalized spacial score (nSPS) is 25.6. The highest BCUT2D eigenvalue weighted by Crippen LogP contribution is 2.32. The molecule has 0 bridgehead atoms. The van der Waals surface area contributed by atoms with Gasteiger partial charge in [-0.3, -0.25) is 9.98 Å². The Bertz CT molecular complexity index is 702. The lowest BCUT2D eigenvalue weighted by Crippen LogP contribution is -2.27. The molecule has 1 aliphatic carbocycles. The Morgan fingerprint density at radius 1 is 1.27 bits per heavy atom. The summed E-state index contributed by atoms with van der Waals surface area (Å²) < 4.78 is 5.33. The minimum Gasteiger partial charge on any atom is -0.467 e. The van der Waals surface area contributed by atoms with E-state index in [1.54, 1.807) is 6.26 Å². The molecule has 3 rings (SSSR count). The lowest BCUT2D eigenvalue weighted by atomic mass is 9.84. The molecule has 3 nitrogen and oxygen atoms in total. The third-order valence-electron chi connectivity index (χ3n) is 4.28. The van der Waals surface area contributed by atoms with E-state index in [4.69, 9.17) is 9.41 Å². The predicted octanol–water partition coefficient (Wildman–Crippen LogP) is 4.68. The quantitative estimate of drug-likeness (QED) is 0.743. The molecular formula is C19H22N2O. The number of hydrogen-bond acceptors (Lipinski definition) is 3. The van der Waals surface area contributed by atoms with Crippen molar-refractivity contribution in [1.82, 2.24) is 0 Å². The Morgan fingerprint density at radius 2 is 2.14 bits per heavy atom. The Labute approximate surface area is 131 Å². The third-order valence-corrected chi connectivity index (χ3v) is 4.28. The Morgan fingerprint density at radius 3 is 2.82 bits per heavy atom. The van der Waals surface area contributed by atoms with E-state index in [-0.39, 0.29) is 5.54 Å². The Balaban J connectivity index is 1.89. The molecule has 2 heterocycles. The van der Waals surface area contributed by atoms with Crippen molar-refractivity contribution in [3.8, 4) is 0 Å². The first-order valence-electron chi connectivity index (χ1n) is 7.92. The molecule has 0 amide bonds. The van der Waals surface area contributed by atoms with Crippen molar-refractivity contribution in [3.05, 3.63) is 59.6 Å². The molecule has 0 fully saturated rings. The first-order chi connectivity index (χ1) is 10.6. The number of furan rings is 1. The zero-order valence-electron chi connectivity index (χ0n) is 13.5. The van der Waals surface area contributed by atoms with Crippen LogP contribution in [0.25, 0.3) is 0 Å². The largest absolute Gasteiger partial charge is 0.467 e. The van der Waals surface area contributed by atoms with Crippen LogP contribution in [0.3, 0.4) is 0 Å². The summed E-state index contributed by atoms with van der Waals surface area (Å²) in [6.07, 6.45) is 12.3. The molecule has 0 N–H and O–H groups in total. The molecule has 2 aliphatic rings. The van der Waals surface area contributed by atoms with Gasteiger partial charge in [0.1, 0.15) is 5.76 Å². The molecule has 1 aromatic rings. The minimum atomic E-state index is -0.0782. The number of allylic oxidation sites excluding steroid dienone is 5. The van der Waals surface area contributed by atoms with Crippen molar-refractivity contribution in [3.63, 3.8) is 0 Å². The van der Waals surface area contributed by atoms with E-state index < -0.39 is 0 Å². The number of aliphatic imine (C=N–C) groups is 2. The van der Waals surface area contributed by atoms with Gasteiger partial charge in [0, 0.05) is 5.57 Å². The highest BCUT2D eigenvalue weighted by atomic mass is 16.3. The Kier molecular flexibility index (Phi) is 3.97. The maximum atomic E-state index is 5.33. The number of dihydropyridines is 1. The molecule has 1 aliphatic heterocycles. The molecular weight excluding hydrogens is 272 g/mol. The van der Waals surface area contributed by atoms with Gasteiger partial charge in [0.25, 0.3) is 0 Å². The van der Waals surface area contributed by atoms with Gasteiger partial charge in [-0.1, -0.05) is 19.9 Å². The topological polar surface area (TPSA) is 37.9 Å². The van der Waals surface area contributed by atoms with Gasteiger partial charge in [0.2, 0.25) is 0 Å². The summed E-state index contributed by atoms with van der Waals surface area (Å²) in [7, 11) is 0. The fourth-order valence-electron chi connectivity index (χ4n) is 2.78. The van der Waals surface area contributed by atoms with Crippen molar-refractivity contribution in [2.45, 2.75) is 45.7 Å². The van der Waals surface area contributed by atoms with Crippen LogP contribution in [0.2, 0.25) is 0 Å². The summed E-state index contributed by atoms with van der Waals surface area (Å²) in [6, 6.07) is 3.83. The van der Waals surface area contributed by atoms with Crippen LogP contribution in [0.1, 0.15) is 39.4 Å². The van der Waals surface area contributed by atoms with Crippen LogP contribution in [0.15, 0.2) is 68.2 Å². The Hall–Kier alpha value is -2.16. The summed E-state index contributed by atoms with van der Waals surface area (Å²) >= 11 is 0. The average Bonchev–Trinajstić information content (AvgIpc) is 3.05. The van der Waals surface area contributed by atoms with E-state index in [0.29, 0.717) is 6.54 Å². The molecule has 1 aromatic heterocycles. The monoisotopic (exact) mass is 294 g/mol. The van der Waals surface area contributed by atoms with Gasteiger partial charge in [0.05, 0.1) is 29.8 Å². The fourth-order valence-corrected chi connectivity index (χ4v) is 2.78. The molecule has 22 heavy (non-hydrogen) atoms. The SMILES string of the molecule is CCC1=CC(C)(CC)N=C2C=CC(=NCc3ccco3)C=C12. The highest BCUT2D eigenvalue weighted by molar-refractivity contribution is 6.23. The van der Waals surface area contributed by atoms with E-state index in [0.717, 1.165) is 30.0 Å². The van der Waals surface area contributed by atoms with Crippen LogP contribution >= 0.6 is 0 Å². The van der Waals surface area contributed by atoms with Crippen LogP contribution in [0, 0.1) is 0 Å². The van der Waals surface area contributed by atoms with Crippen LogP contribution in [0.5, 0.6) is 0 Å². The van der Waals surface area contributed by atoms with Gasteiger partial charge in [-0.05, 0) is 55.7 Å². The molecule has 114 valence electrons. The van der Waals surface area contributed by atoms with E-state index in [1.165, 1.54) is 11.1 Å². The van der Waals surface area contributed by atoms with Gasteiger partial charge < -0.3 is 4.42 Å². The van der Waals surface area contributed by atoms with Crippen LogP contribution in [-0.2, 0) is 6.54 Å². The summed E-state index contributed by atoms with van der Waals surface area (Å²) in [5.41, 5.74) is 4.56. The van der Waals surface area contributed by atoms with Crippen molar-refractivity contribution < 1.29 is 4.42 Å². The average molecular weight is 294 g/mol. The van der Waals surface area contributed by atoms with E-state index in [9.17, 15) is 0 Å². The van der Waals surface area contributed by atoms with Gasteiger partial charge in [-0.2, -0.15) is 0 Å². The number of hydrogen-bond donors (Lipinski definition) is 0. The van der Waals surface area contributed by atoms with Gasteiger partial charge in [0.15, 0.2) is 0 Å². The van der Waals surface area contributed by atoms with Crippen molar-refractivity contribution in [2.24, 2.45) is 9.98 Å². The van der Waals surface area contributed by atoms with Crippen molar-refractivity contribution in [1.29, 1.82) is 0 Å². The molecule has 0 radical (unpaired) electrons. The molecule has 3 heteroatoms. The van der Waals surface area contributed by atoms with E-state index >= 15 is 0 Å². The smallest absolute Gasteiger partial charge is 0.125 e. The maximum Gasteiger partial charge on any atom is 0.125 e. The minimum absolute atomic E-state index is 0.0782. The molecule has 0 saturated carbocycles. The van der Waals surface area contributed by atoms with Gasteiger partial charge in [-0.15, -0.1) is 0 Å². The van der Waals surface area contributed by atoms with Crippen LogP contribution in [0.4, 0.5) is 0 Å². The van der Waals surface area contributed by atoms with Crippen LogP contribution in [-0.4, -0.2) is 17.0 Å². The zero-order valence-corrected chi connectivity index (χ0v) is 13.5. The number of fused-ring (bicyclic) bond motifs is 1. The summed E-state index contributed by atoms with van der Waals surface area (Å²) in [4.78, 5) is 9.53. The highest BCUT2D eigenvalue weighted by Gasteiger charge is 2.27. The molecule has 1 unspecified atom stereocenters. The number of rotatable bonds is 4. The van der Waals surface area contributed by atoms with E-state index in [1.807, 2.05) is 18.2 Å². The first-order valence-corrected chi connectivity index (χ1v) is 7.92. The summed E-state index contributed by atoms with van der Waals surface area (Å²) in [6.45, 7) is 7.15. The predicted molar refractivity (Wildman–Crippen MR) is 91.6 cm³/mol. The summed E-state index contributed by atoms with van der Waals surface area (Å²) in [5.74, 6) is 0.882. The molecule has 1 atom stereocenters. The zero-order chi connectivity index (χ0) is 15.6. The number of nitrogens with zero attached hydrogens (tertiary/aromatic N) is 2. The second-order valence-corrected chi connectivity index (χ2v) is 5.94. The third kappa shape index (κ3) is 2.89. The molecule has 0 spiro atoms. The molecule has 0 saturated heterocycles.